The molecule has 0 atom stereocenters. The smallest absolute Gasteiger partial charge is 0.350 e. The second-order valence-corrected chi connectivity index (χ2v) is 8.81. The molecule has 1 aromatic carbocycles. The van der Waals surface area contributed by atoms with E-state index >= 15 is 0 Å². The van der Waals surface area contributed by atoms with Crippen molar-refractivity contribution < 1.29 is 26.8 Å². The summed E-state index contributed by atoms with van der Waals surface area (Å²) in [6.07, 6.45) is 3.03. The molecule has 2 heterocycles. The molecule has 0 amide bonds. The van der Waals surface area contributed by atoms with E-state index in [1.807, 2.05) is 0 Å². The predicted octanol–water partition coefficient (Wildman–Crippen LogP) is 3.34. The fraction of sp³-hybridized carbons (Fsp3) is 0.222. The van der Waals surface area contributed by atoms with Gasteiger partial charge in [0.05, 0.1) is 6.20 Å². The highest BCUT2D eigenvalue weighted by Gasteiger charge is 2.31. The fourth-order valence-corrected chi connectivity index (χ4v) is 5.07. The zero-order valence-electron chi connectivity index (χ0n) is 14.4. The van der Waals surface area contributed by atoms with Gasteiger partial charge in [0.2, 0.25) is 15.9 Å². The largest absolute Gasteiger partial charge is 0.451 e. The fourth-order valence-electron chi connectivity index (χ4n) is 2.46. The Bertz CT molecular complexity index is 1100. The van der Waals surface area contributed by atoms with E-state index in [9.17, 15) is 17.6 Å². The van der Waals surface area contributed by atoms with Gasteiger partial charge in [-0.3, -0.25) is 0 Å². The van der Waals surface area contributed by atoms with Crippen molar-refractivity contribution in [2.24, 2.45) is 0 Å². The molecule has 1 saturated carbocycles. The van der Waals surface area contributed by atoms with Crippen molar-refractivity contribution in [3.8, 4) is 11.3 Å². The Hall–Kier alpha value is -2.56. The molecular formula is C18H15FN2O5S2. The van der Waals surface area contributed by atoms with Crippen molar-refractivity contribution in [3.63, 3.8) is 0 Å². The maximum absolute atomic E-state index is 13.0. The van der Waals surface area contributed by atoms with Crippen molar-refractivity contribution in [1.82, 2.24) is 9.71 Å². The summed E-state index contributed by atoms with van der Waals surface area (Å²) in [7, 11) is -3.76. The highest BCUT2D eigenvalue weighted by atomic mass is 32.2. The van der Waals surface area contributed by atoms with Crippen molar-refractivity contribution in [1.29, 1.82) is 0 Å². The minimum Gasteiger partial charge on any atom is -0.451 e. The van der Waals surface area contributed by atoms with Crippen LogP contribution in [0.1, 0.15) is 28.4 Å². The molecule has 4 rings (SSSR count). The second kappa shape index (κ2) is 7.46. The van der Waals surface area contributed by atoms with Crippen molar-refractivity contribution in [2.45, 2.75) is 30.4 Å². The highest BCUT2D eigenvalue weighted by molar-refractivity contribution is 7.89. The first-order valence-electron chi connectivity index (χ1n) is 8.40. The molecule has 28 heavy (non-hydrogen) atoms. The summed E-state index contributed by atoms with van der Waals surface area (Å²) in [6.45, 7) is -0.256. The van der Waals surface area contributed by atoms with E-state index in [1.165, 1.54) is 29.8 Å². The van der Waals surface area contributed by atoms with Crippen LogP contribution in [0.4, 0.5) is 4.39 Å². The predicted molar refractivity (Wildman–Crippen MR) is 98.7 cm³/mol. The Kier molecular flexibility index (Phi) is 5.00. The number of carbonyl (C=O) groups is 1. The highest BCUT2D eigenvalue weighted by Crippen LogP contribution is 2.27. The first-order valence-corrected chi connectivity index (χ1v) is 10.8. The number of rotatable bonds is 7. The van der Waals surface area contributed by atoms with Gasteiger partial charge in [-0.1, -0.05) is 0 Å². The molecule has 0 saturated heterocycles. The third-order valence-electron chi connectivity index (χ3n) is 4.01. The van der Waals surface area contributed by atoms with Crippen LogP contribution in [0, 0.1) is 5.82 Å². The number of halogens is 1. The molecule has 1 fully saturated rings. The van der Waals surface area contributed by atoms with Gasteiger partial charge in [0.1, 0.15) is 15.6 Å². The molecule has 2 aromatic heterocycles. The molecule has 0 aliphatic heterocycles. The zero-order chi connectivity index (χ0) is 19.7. The molecule has 0 unspecified atom stereocenters. The summed E-state index contributed by atoms with van der Waals surface area (Å²) in [5.41, 5.74) is 0.629. The molecule has 0 bridgehead atoms. The van der Waals surface area contributed by atoms with E-state index in [1.54, 1.807) is 12.1 Å². The topological polar surface area (TPSA) is 98.5 Å². The lowest BCUT2D eigenvalue weighted by Crippen LogP contribution is -2.26. The van der Waals surface area contributed by atoms with Crippen LogP contribution in [-0.2, 0) is 21.4 Å². The monoisotopic (exact) mass is 422 g/mol. The number of sulfonamides is 1. The Balaban J connectivity index is 1.43. The number of aromatic nitrogens is 1. The lowest BCUT2D eigenvalue weighted by molar-refractivity contribution is 0.0440. The van der Waals surface area contributed by atoms with Crippen LogP contribution < -0.4 is 4.72 Å². The standard InChI is InChI=1S/C18H15FN2O5S2/c19-12-3-1-11(2-4-12)14-9-20-16(26-14)10-25-18(22)17-15(7-8-27-17)28(23,24)21-13-5-6-13/h1-4,7-9,13,21H,5-6,10H2. The van der Waals surface area contributed by atoms with Gasteiger partial charge < -0.3 is 9.15 Å². The molecule has 1 aliphatic rings. The van der Waals surface area contributed by atoms with E-state index in [2.05, 4.69) is 9.71 Å². The lowest BCUT2D eigenvalue weighted by atomic mass is 10.2. The third kappa shape index (κ3) is 4.13. The quantitative estimate of drug-likeness (QED) is 0.587. The number of esters is 1. The van der Waals surface area contributed by atoms with Crippen LogP contribution in [0.2, 0.25) is 0 Å². The SMILES string of the molecule is O=C(OCc1ncc(-c2ccc(F)cc2)o1)c1sccc1S(=O)(=O)NC1CC1. The van der Waals surface area contributed by atoms with Crippen LogP contribution in [0.5, 0.6) is 0 Å². The summed E-state index contributed by atoms with van der Waals surface area (Å²) in [4.78, 5) is 16.3. The van der Waals surface area contributed by atoms with Crippen molar-refractivity contribution >= 4 is 27.3 Å². The molecule has 146 valence electrons. The van der Waals surface area contributed by atoms with E-state index < -0.39 is 16.0 Å². The minimum atomic E-state index is -3.76. The molecule has 3 aromatic rings. The average Bonchev–Trinajstić information content (AvgIpc) is 3.14. The van der Waals surface area contributed by atoms with Gasteiger partial charge in [-0.05, 0) is 48.6 Å². The average molecular weight is 422 g/mol. The zero-order valence-corrected chi connectivity index (χ0v) is 16.1. The summed E-state index contributed by atoms with van der Waals surface area (Å²) in [5, 5.41) is 1.52. The number of hydrogen-bond acceptors (Lipinski definition) is 7. The van der Waals surface area contributed by atoms with Crippen LogP contribution in [0.25, 0.3) is 11.3 Å². The number of hydrogen-bond donors (Lipinski definition) is 1. The Labute approximate surface area is 164 Å². The van der Waals surface area contributed by atoms with E-state index in [4.69, 9.17) is 9.15 Å². The maximum Gasteiger partial charge on any atom is 0.350 e. The normalized spacial score (nSPS) is 14.2. The summed E-state index contributed by atoms with van der Waals surface area (Å²) >= 11 is 0.990. The molecule has 7 nitrogen and oxygen atoms in total. The van der Waals surface area contributed by atoms with Gasteiger partial charge in [-0.15, -0.1) is 11.3 Å². The molecule has 0 spiro atoms. The summed E-state index contributed by atoms with van der Waals surface area (Å²) in [5.74, 6) is -0.591. The summed E-state index contributed by atoms with van der Waals surface area (Å²) < 4.78 is 50.9. The second-order valence-electron chi connectivity index (χ2n) is 6.21. The number of nitrogens with one attached hydrogen (secondary N) is 1. The first kappa shape index (κ1) is 18.8. The van der Waals surface area contributed by atoms with Crippen LogP contribution in [0.15, 0.2) is 51.2 Å². The van der Waals surface area contributed by atoms with Gasteiger partial charge >= 0.3 is 5.97 Å². The third-order valence-corrected chi connectivity index (χ3v) is 6.60. The van der Waals surface area contributed by atoms with E-state index in [0.29, 0.717) is 11.3 Å². The molecule has 1 N–H and O–H groups in total. The van der Waals surface area contributed by atoms with Crippen molar-refractivity contribution in [2.75, 3.05) is 0 Å². The number of thiophene rings is 1. The van der Waals surface area contributed by atoms with Gasteiger partial charge in [0.15, 0.2) is 12.4 Å². The number of nitrogens with zero attached hydrogens (tertiary/aromatic N) is 1. The summed E-state index contributed by atoms with van der Waals surface area (Å²) in [6, 6.07) is 7.00. The van der Waals surface area contributed by atoms with Crippen LogP contribution >= 0.6 is 11.3 Å². The number of benzene rings is 1. The lowest BCUT2D eigenvalue weighted by Gasteiger charge is -2.06. The number of carbonyl (C=O) groups excluding carboxylic acids is 1. The minimum absolute atomic E-state index is 0.00142. The Morgan fingerprint density at radius 3 is 2.75 bits per heavy atom. The van der Waals surface area contributed by atoms with E-state index in [0.717, 1.165) is 24.2 Å². The number of ether oxygens (including phenoxy) is 1. The molecule has 0 radical (unpaired) electrons. The van der Waals surface area contributed by atoms with Gasteiger partial charge in [-0.25, -0.2) is 27.3 Å². The Morgan fingerprint density at radius 2 is 2.04 bits per heavy atom. The van der Waals surface area contributed by atoms with Crippen molar-refractivity contribution in [3.05, 3.63) is 58.5 Å². The van der Waals surface area contributed by atoms with Crippen LogP contribution in [0.3, 0.4) is 0 Å². The number of oxazole rings is 1. The first-order chi connectivity index (χ1) is 13.4. The molecular weight excluding hydrogens is 407 g/mol. The van der Waals surface area contributed by atoms with Gasteiger partial charge in [0, 0.05) is 11.6 Å². The maximum atomic E-state index is 13.0. The van der Waals surface area contributed by atoms with Gasteiger partial charge in [-0.2, -0.15) is 0 Å². The molecule has 10 heteroatoms. The Morgan fingerprint density at radius 1 is 1.29 bits per heavy atom. The van der Waals surface area contributed by atoms with Crippen LogP contribution in [-0.4, -0.2) is 25.4 Å². The van der Waals surface area contributed by atoms with E-state index in [-0.39, 0.29) is 34.1 Å². The molecule has 1 aliphatic carbocycles. The van der Waals surface area contributed by atoms with Gasteiger partial charge in [0.25, 0.3) is 0 Å².